The molecule has 1 heteroatoms. The van der Waals surface area contributed by atoms with Crippen LogP contribution in [0.25, 0.3) is 0 Å². The van der Waals surface area contributed by atoms with Gasteiger partial charge in [0.05, 0.1) is 0 Å². The van der Waals surface area contributed by atoms with Gasteiger partial charge < -0.3 is 5.11 Å². The Balaban J connectivity index is 3.26. The van der Waals surface area contributed by atoms with E-state index in [4.69, 9.17) is 5.11 Å². The third-order valence-corrected chi connectivity index (χ3v) is 2.56. The molecule has 1 N–H and O–H groups in total. The summed E-state index contributed by atoms with van der Waals surface area (Å²) in [5, 5.41) is 9.04. The Morgan fingerprint density at radius 2 is 1.69 bits per heavy atom. The van der Waals surface area contributed by atoms with Crippen LogP contribution in [-0.4, -0.2) is 11.7 Å². The monoisotopic (exact) mass is 186 g/mol. The van der Waals surface area contributed by atoms with E-state index in [-0.39, 0.29) is 5.41 Å². The third-order valence-electron chi connectivity index (χ3n) is 2.56. The van der Waals surface area contributed by atoms with E-state index in [2.05, 4.69) is 27.7 Å². The van der Waals surface area contributed by atoms with Crippen molar-refractivity contribution in [3.05, 3.63) is 0 Å². The Kier molecular flexibility index (Phi) is 6.40. The largest absolute Gasteiger partial charge is 0.396 e. The molecule has 13 heavy (non-hydrogen) atoms. The van der Waals surface area contributed by atoms with Crippen LogP contribution >= 0.6 is 0 Å². The maximum absolute atomic E-state index is 9.04. The summed E-state index contributed by atoms with van der Waals surface area (Å²) in [6, 6.07) is 0. The van der Waals surface area contributed by atoms with Gasteiger partial charge in [0.25, 0.3) is 0 Å². The molecule has 0 atom stereocenters. The van der Waals surface area contributed by atoms with Gasteiger partial charge in [0.2, 0.25) is 0 Å². The highest BCUT2D eigenvalue weighted by molar-refractivity contribution is 4.66. The van der Waals surface area contributed by atoms with Gasteiger partial charge in [-0.2, -0.15) is 0 Å². The Morgan fingerprint density at radius 3 is 2.15 bits per heavy atom. The minimum absolute atomic E-state index is 0.137. The molecule has 0 saturated carbocycles. The lowest BCUT2D eigenvalue weighted by Crippen LogP contribution is -2.16. The topological polar surface area (TPSA) is 20.2 Å². The molecule has 0 heterocycles. The number of aliphatic hydroxyl groups is 1. The van der Waals surface area contributed by atoms with Crippen molar-refractivity contribution in [2.75, 3.05) is 6.61 Å². The second kappa shape index (κ2) is 6.42. The highest BCUT2D eigenvalue weighted by Crippen LogP contribution is 2.23. The van der Waals surface area contributed by atoms with Gasteiger partial charge in [-0.15, -0.1) is 0 Å². The maximum Gasteiger partial charge on any atom is 0.0482 e. The predicted molar refractivity (Wildman–Crippen MR) is 58.8 cm³/mol. The number of rotatable bonds is 7. The zero-order valence-corrected chi connectivity index (χ0v) is 9.77. The molecule has 0 aliphatic carbocycles. The lowest BCUT2D eigenvalue weighted by Gasteiger charge is -2.21. The van der Waals surface area contributed by atoms with Gasteiger partial charge >= 0.3 is 0 Å². The summed E-state index contributed by atoms with van der Waals surface area (Å²) < 4.78 is 0. The lowest BCUT2D eigenvalue weighted by molar-refractivity contribution is 0.147. The van der Waals surface area contributed by atoms with Gasteiger partial charge in [0, 0.05) is 6.61 Å². The average molecular weight is 186 g/mol. The first-order valence-corrected chi connectivity index (χ1v) is 5.59. The van der Waals surface area contributed by atoms with Gasteiger partial charge in [0.1, 0.15) is 0 Å². The van der Waals surface area contributed by atoms with E-state index >= 15 is 0 Å². The van der Waals surface area contributed by atoms with Crippen molar-refractivity contribution in [1.29, 1.82) is 0 Å². The standard InChI is InChI=1S/C12H26O/c1-11(2)8-6-5-7-9-12(3,4)10-13/h11,13H,5-10H2,1-4H3. The summed E-state index contributed by atoms with van der Waals surface area (Å²) >= 11 is 0. The number of unbranched alkanes of at least 4 members (excludes halogenated alkanes) is 2. The Bertz CT molecular complexity index is 116. The van der Waals surface area contributed by atoms with Crippen molar-refractivity contribution in [2.45, 2.75) is 59.8 Å². The molecular weight excluding hydrogens is 160 g/mol. The number of aliphatic hydroxyl groups excluding tert-OH is 1. The summed E-state index contributed by atoms with van der Waals surface area (Å²) in [5.74, 6) is 0.839. The molecule has 0 aromatic rings. The molecule has 0 aromatic carbocycles. The second-order valence-corrected chi connectivity index (χ2v) is 5.32. The van der Waals surface area contributed by atoms with Gasteiger partial charge in [-0.1, -0.05) is 53.4 Å². The van der Waals surface area contributed by atoms with Crippen molar-refractivity contribution >= 4 is 0 Å². The molecule has 0 aliphatic heterocycles. The zero-order chi connectivity index (χ0) is 10.3. The van der Waals surface area contributed by atoms with Crippen molar-refractivity contribution in [3.8, 4) is 0 Å². The fraction of sp³-hybridized carbons (Fsp3) is 1.00. The SMILES string of the molecule is CC(C)CCCCCC(C)(C)CO. The zero-order valence-electron chi connectivity index (χ0n) is 9.77. The van der Waals surface area contributed by atoms with E-state index in [1.807, 2.05) is 0 Å². The Hall–Kier alpha value is -0.0400. The smallest absolute Gasteiger partial charge is 0.0482 e. The summed E-state index contributed by atoms with van der Waals surface area (Å²) in [4.78, 5) is 0. The van der Waals surface area contributed by atoms with Crippen molar-refractivity contribution in [3.63, 3.8) is 0 Å². The third kappa shape index (κ3) is 8.29. The maximum atomic E-state index is 9.04. The number of hydrogen-bond donors (Lipinski definition) is 1. The summed E-state index contributed by atoms with van der Waals surface area (Å²) in [5.41, 5.74) is 0.137. The van der Waals surface area contributed by atoms with Gasteiger partial charge in [-0.25, -0.2) is 0 Å². The predicted octanol–water partition coefficient (Wildman–Crippen LogP) is 3.61. The first kappa shape index (κ1) is 13.0. The van der Waals surface area contributed by atoms with E-state index < -0.39 is 0 Å². The number of hydrogen-bond acceptors (Lipinski definition) is 1. The van der Waals surface area contributed by atoms with Crippen LogP contribution in [0.4, 0.5) is 0 Å². The molecule has 0 amide bonds. The first-order valence-electron chi connectivity index (χ1n) is 5.59. The molecule has 0 fully saturated rings. The first-order chi connectivity index (χ1) is 5.98. The van der Waals surface area contributed by atoms with Gasteiger partial charge in [-0.05, 0) is 17.8 Å². The summed E-state index contributed by atoms with van der Waals surface area (Å²) in [6.07, 6.45) is 6.43. The molecule has 0 unspecified atom stereocenters. The van der Waals surface area contributed by atoms with Gasteiger partial charge in [0.15, 0.2) is 0 Å². The van der Waals surface area contributed by atoms with Crippen LogP contribution in [0.15, 0.2) is 0 Å². The molecule has 0 spiro atoms. The molecule has 0 aliphatic rings. The quantitative estimate of drug-likeness (QED) is 0.602. The Morgan fingerprint density at radius 1 is 1.08 bits per heavy atom. The van der Waals surface area contributed by atoms with E-state index in [0.29, 0.717) is 6.61 Å². The van der Waals surface area contributed by atoms with E-state index in [0.717, 1.165) is 12.3 Å². The molecular formula is C12H26O. The molecule has 1 nitrogen and oxygen atoms in total. The van der Waals surface area contributed by atoms with Crippen LogP contribution < -0.4 is 0 Å². The fourth-order valence-corrected chi connectivity index (χ4v) is 1.41. The lowest BCUT2D eigenvalue weighted by atomic mass is 9.87. The fourth-order valence-electron chi connectivity index (χ4n) is 1.41. The summed E-state index contributed by atoms with van der Waals surface area (Å²) in [7, 11) is 0. The van der Waals surface area contributed by atoms with Crippen LogP contribution in [0.5, 0.6) is 0 Å². The molecule has 0 radical (unpaired) electrons. The minimum Gasteiger partial charge on any atom is -0.396 e. The highest BCUT2D eigenvalue weighted by atomic mass is 16.3. The van der Waals surface area contributed by atoms with E-state index in [1.54, 1.807) is 0 Å². The summed E-state index contributed by atoms with van der Waals surface area (Å²) in [6.45, 7) is 9.14. The normalized spacial score (nSPS) is 12.5. The average Bonchev–Trinajstić information content (AvgIpc) is 2.03. The molecule has 0 saturated heterocycles. The van der Waals surface area contributed by atoms with Crippen LogP contribution in [0.3, 0.4) is 0 Å². The van der Waals surface area contributed by atoms with E-state index in [1.165, 1.54) is 25.7 Å². The molecule has 0 aromatic heterocycles. The molecule has 80 valence electrons. The molecule has 0 bridgehead atoms. The van der Waals surface area contributed by atoms with Crippen molar-refractivity contribution < 1.29 is 5.11 Å². The van der Waals surface area contributed by atoms with Gasteiger partial charge in [-0.3, -0.25) is 0 Å². The highest BCUT2D eigenvalue weighted by Gasteiger charge is 2.14. The van der Waals surface area contributed by atoms with Crippen molar-refractivity contribution in [1.82, 2.24) is 0 Å². The van der Waals surface area contributed by atoms with Crippen LogP contribution in [0.2, 0.25) is 0 Å². The Labute approximate surface area is 83.5 Å². The van der Waals surface area contributed by atoms with Crippen molar-refractivity contribution in [2.24, 2.45) is 11.3 Å². The van der Waals surface area contributed by atoms with Crippen LogP contribution in [-0.2, 0) is 0 Å². The van der Waals surface area contributed by atoms with Crippen LogP contribution in [0, 0.1) is 11.3 Å². The second-order valence-electron chi connectivity index (χ2n) is 5.32. The van der Waals surface area contributed by atoms with E-state index in [9.17, 15) is 0 Å². The minimum atomic E-state index is 0.137. The molecule has 0 rings (SSSR count). The van der Waals surface area contributed by atoms with Crippen LogP contribution in [0.1, 0.15) is 59.8 Å².